The second-order valence-corrected chi connectivity index (χ2v) is 11.2. The zero-order valence-corrected chi connectivity index (χ0v) is 19.4. The van der Waals surface area contributed by atoms with Gasteiger partial charge in [0.2, 0.25) is 10.0 Å². The molecule has 0 aromatic heterocycles. The van der Waals surface area contributed by atoms with Crippen LogP contribution in [0.25, 0.3) is 0 Å². The van der Waals surface area contributed by atoms with Crippen molar-refractivity contribution in [2.24, 2.45) is 0 Å². The molecule has 6 heteroatoms. The molecule has 1 aliphatic carbocycles. The number of ether oxygens (including phenoxy) is 1. The molecule has 0 unspecified atom stereocenters. The summed E-state index contributed by atoms with van der Waals surface area (Å²) in [7, 11) is -3.35. The van der Waals surface area contributed by atoms with Gasteiger partial charge < -0.3 is 4.74 Å². The van der Waals surface area contributed by atoms with E-state index in [0.717, 1.165) is 31.1 Å². The maximum Gasteiger partial charge on any atom is 0.343 e. The van der Waals surface area contributed by atoms with E-state index in [1.165, 1.54) is 11.1 Å². The largest absolute Gasteiger partial charge is 0.423 e. The van der Waals surface area contributed by atoms with Gasteiger partial charge >= 0.3 is 5.97 Å². The number of carbonyl (C=O) groups is 1. The maximum absolute atomic E-state index is 13.0. The van der Waals surface area contributed by atoms with Gasteiger partial charge in [0.05, 0.1) is 11.8 Å². The van der Waals surface area contributed by atoms with E-state index >= 15 is 0 Å². The van der Waals surface area contributed by atoms with Crippen LogP contribution in [0.3, 0.4) is 0 Å². The Labute approximate surface area is 179 Å². The Hall–Kier alpha value is -2.34. The lowest BCUT2D eigenvalue weighted by molar-refractivity contribution is 0.0733. The third-order valence-electron chi connectivity index (χ3n) is 6.04. The van der Waals surface area contributed by atoms with Gasteiger partial charge in [0.1, 0.15) is 5.75 Å². The summed E-state index contributed by atoms with van der Waals surface area (Å²) < 4.78 is 30.7. The fourth-order valence-corrected chi connectivity index (χ4v) is 4.96. The molecule has 30 heavy (non-hydrogen) atoms. The summed E-state index contributed by atoms with van der Waals surface area (Å²) in [4.78, 5) is 13.0. The standard InChI is InChI=1S/C24H31NO4S/c1-7-18-19(12-13-20-21(18)24(4,5)15-14-23(20,2)3)22(26)29-17-10-8-16(9-11-17)25-30(6,27)28/h8-13,25H,7,14-15H2,1-6H3. The van der Waals surface area contributed by atoms with Crippen LogP contribution in [0.1, 0.15) is 74.5 Å². The lowest BCUT2D eigenvalue weighted by Crippen LogP contribution is -2.35. The minimum atomic E-state index is -3.35. The molecule has 0 atom stereocenters. The quantitative estimate of drug-likeness (QED) is 0.524. The van der Waals surface area contributed by atoms with E-state index in [-0.39, 0.29) is 10.8 Å². The van der Waals surface area contributed by atoms with Crippen LogP contribution in [0.4, 0.5) is 5.69 Å². The van der Waals surface area contributed by atoms with E-state index in [2.05, 4.69) is 45.4 Å². The Morgan fingerprint density at radius 3 is 2.17 bits per heavy atom. The first-order valence-electron chi connectivity index (χ1n) is 10.3. The first-order valence-corrected chi connectivity index (χ1v) is 12.2. The molecule has 0 saturated carbocycles. The van der Waals surface area contributed by atoms with E-state index in [9.17, 15) is 13.2 Å². The number of hydrogen-bond donors (Lipinski definition) is 1. The van der Waals surface area contributed by atoms with E-state index in [0.29, 0.717) is 17.0 Å². The fraction of sp³-hybridized carbons (Fsp3) is 0.458. The van der Waals surface area contributed by atoms with Gasteiger partial charge in [0.25, 0.3) is 0 Å². The van der Waals surface area contributed by atoms with Gasteiger partial charge in [-0.25, -0.2) is 13.2 Å². The Morgan fingerprint density at radius 2 is 1.60 bits per heavy atom. The maximum atomic E-state index is 13.0. The lowest BCUT2D eigenvalue weighted by Gasteiger charge is -2.43. The normalized spacial score (nSPS) is 17.1. The van der Waals surface area contributed by atoms with Gasteiger partial charge in [0, 0.05) is 5.69 Å². The van der Waals surface area contributed by atoms with Crippen LogP contribution in [0.15, 0.2) is 36.4 Å². The van der Waals surface area contributed by atoms with Crippen LogP contribution >= 0.6 is 0 Å². The summed E-state index contributed by atoms with van der Waals surface area (Å²) in [5.41, 5.74) is 4.77. The molecule has 0 aliphatic heterocycles. The average molecular weight is 430 g/mol. The summed E-state index contributed by atoms with van der Waals surface area (Å²) in [6.07, 6.45) is 4.04. The van der Waals surface area contributed by atoms with Gasteiger partial charge in [-0.05, 0) is 77.1 Å². The number of sulfonamides is 1. The zero-order valence-electron chi connectivity index (χ0n) is 18.6. The third-order valence-corrected chi connectivity index (χ3v) is 6.64. The molecule has 0 amide bonds. The molecule has 162 valence electrons. The summed E-state index contributed by atoms with van der Waals surface area (Å²) in [6, 6.07) is 10.3. The molecule has 0 spiro atoms. The zero-order chi connectivity index (χ0) is 22.3. The Bertz CT molecular complexity index is 1070. The minimum absolute atomic E-state index is 0.00541. The number of nitrogens with one attached hydrogen (secondary N) is 1. The molecule has 0 heterocycles. The second-order valence-electron chi connectivity index (χ2n) is 9.42. The predicted molar refractivity (Wildman–Crippen MR) is 121 cm³/mol. The van der Waals surface area contributed by atoms with Crippen molar-refractivity contribution in [3.63, 3.8) is 0 Å². The van der Waals surface area contributed by atoms with Crippen molar-refractivity contribution < 1.29 is 17.9 Å². The number of esters is 1. The van der Waals surface area contributed by atoms with E-state index in [1.807, 2.05) is 6.07 Å². The van der Waals surface area contributed by atoms with Gasteiger partial charge in [-0.2, -0.15) is 0 Å². The van der Waals surface area contributed by atoms with Crippen molar-refractivity contribution >= 4 is 21.7 Å². The van der Waals surface area contributed by atoms with E-state index in [4.69, 9.17) is 4.74 Å². The number of fused-ring (bicyclic) bond motifs is 1. The first-order chi connectivity index (χ1) is 13.8. The molecule has 0 fully saturated rings. The highest BCUT2D eigenvalue weighted by atomic mass is 32.2. The summed E-state index contributed by atoms with van der Waals surface area (Å²) in [6.45, 7) is 11.1. The van der Waals surface area contributed by atoms with Crippen LogP contribution in [-0.4, -0.2) is 20.6 Å². The van der Waals surface area contributed by atoms with Crippen molar-refractivity contribution in [1.82, 2.24) is 0 Å². The lowest BCUT2D eigenvalue weighted by atomic mass is 9.61. The van der Waals surface area contributed by atoms with Crippen LogP contribution in [0, 0.1) is 0 Å². The van der Waals surface area contributed by atoms with Crippen molar-refractivity contribution in [3.05, 3.63) is 58.7 Å². The van der Waals surface area contributed by atoms with Gasteiger partial charge in [-0.1, -0.05) is 40.7 Å². The van der Waals surface area contributed by atoms with Crippen molar-refractivity contribution in [1.29, 1.82) is 0 Å². The Kier molecular flexibility index (Phi) is 5.76. The third kappa shape index (κ3) is 4.53. The molecule has 2 aromatic carbocycles. The molecule has 0 bridgehead atoms. The Morgan fingerprint density at radius 1 is 1.00 bits per heavy atom. The summed E-state index contributed by atoms with van der Waals surface area (Å²) >= 11 is 0. The van der Waals surface area contributed by atoms with Crippen LogP contribution in [0.5, 0.6) is 5.75 Å². The minimum Gasteiger partial charge on any atom is -0.423 e. The smallest absolute Gasteiger partial charge is 0.343 e. The van der Waals surface area contributed by atoms with Crippen LogP contribution in [0.2, 0.25) is 0 Å². The van der Waals surface area contributed by atoms with Gasteiger partial charge in [-0.3, -0.25) is 4.72 Å². The number of benzene rings is 2. The molecule has 2 aromatic rings. The van der Waals surface area contributed by atoms with Crippen molar-refractivity contribution in [3.8, 4) is 5.75 Å². The highest BCUT2D eigenvalue weighted by Gasteiger charge is 2.39. The number of carbonyl (C=O) groups excluding carboxylic acids is 1. The Balaban J connectivity index is 1.94. The molecular formula is C24H31NO4S. The molecule has 3 rings (SSSR count). The number of rotatable bonds is 5. The summed E-state index contributed by atoms with van der Waals surface area (Å²) in [5.74, 6) is -0.0175. The van der Waals surface area contributed by atoms with Gasteiger partial charge in [-0.15, -0.1) is 0 Å². The van der Waals surface area contributed by atoms with Crippen molar-refractivity contribution in [2.45, 2.75) is 64.7 Å². The molecule has 5 nitrogen and oxygen atoms in total. The first kappa shape index (κ1) is 22.3. The van der Waals surface area contributed by atoms with Crippen molar-refractivity contribution in [2.75, 3.05) is 11.0 Å². The monoisotopic (exact) mass is 429 g/mol. The highest BCUT2D eigenvalue weighted by Crippen LogP contribution is 2.48. The molecule has 1 aliphatic rings. The van der Waals surface area contributed by atoms with Crippen LogP contribution < -0.4 is 9.46 Å². The summed E-state index contributed by atoms with van der Waals surface area (Å²) in [5, 5.41) is 0. The molecular weight excluding hydrogens is 398 g/mol. The SMILES string of the molecule is CCc1c(C(=O)Oc2ccc(NS(C)(=O)=O)cc2)ccc2c1C(C)(C)CCC2(C)C. The molecule has 0 saturated heterocycles. The van der Waals surface area contributed by atoms with Gasteiger partial charge in [0.15, 0.2) is 0 Å². The van der Waals surface area contributed by atoms with E-state index < -0.39 is 16.0 Å². The predicted octanol–water partition coefficient (Wildman–Crippen LogP) is 5.19. The number of hydrogen-bond acceptors (Lipinski definition) is 4. The molecule has 1 N–H and O–H groups in total. The van der Waals surface area contributed by atoms with E-state index in [1.54, 1.807) is 24.3 Å². The topological polar surface area (TPSA) is 72.5 Å². The average Bonchev–Trinajstić information content (AvgIpc) is 2.65. The molecule has 0 radical (unpaired) electrons. The van der Waals surface area contributed by atoms with Crippen LogP contribution in [-0.2, 0) is 27.3 Å². The second kappa shape index (κ2) is 7.73. The highest BCUT2D eigenvalue weighted by molar-refractivity contribution is 7.92. The fourth-order valence-electron chi connectivity index (χ4n) is 4.40. The number of anilines is 1.